The minimum atomic E-state index is -2.97. The molecule has 0 saturated carbocycles. The van der Waals surface area contributed by atoms with Crippen molar-refractivity contribution in [2.75, 3.05) is 0 Å². The van der Waals surface area contributed by atoms with Crippen LogP contribution in [0.4, 0.5) is 8.78 Å². The fraction of sp³-hybridized carbons (Fsp3) is 0.333. The van der Waals surface area contributed by atoms with Crippen LogP contribution >= 0.6 is 0 Å². The molecule has 16 heavy (non-hydrogen) atoms. The zero-order valence-corrected chi connectivity index (χ0v) is 8.15. The molecule has 4 N–H and O–H groups in total. The second kappa shape index (κ2) is 4.84. The predicted octanol–water partition coefficient (Wildman–Crippen LogP) is 0.811. The van der Waals surface area contributed by atoms with Crippen molar-refractivity contribution in [2.45, 2.75) is 19.4 Å². The van der Waals surface area contributed by atoms with E-state index in [4.69, 9.17) is 10.8 Å². The van der Waals surface area contributed by atoms with Gasteiger partial charge in [-0.1, -0.05) is 0 Å². The largest absolute Gasteiger partial charge is 0.505 e. The average molecular weight is 232 g/mol. The fourth-order valence-corrected chi connectivity index (χ4v) is 1.23. The first kappa shape index (κ1) is 12.3. The molecule has 1 aromatic rings. The molecule has 0 amide bonds. The number of aromatic nitrogens is 1. The molecule has 1 rings (SSSR count). The third kappa shape index (κ3) is 2.63. The molecule has 0 aliphatic carbocycles. The molecule has 1 aromatic heterocycles. The molecule has 0 spiro atoms. The number of pyridine rings is 1. The Hall–Kier alpha value is -1.76. The number of halogens is 2. The summed E-state index contributed by atoms with van der Waals surface area (Å²) in [5.41, 5.74) is 4.41. The van der Waals surface area contributed by atoms with Gasteiger partial charge in [-0.25, -0.2) is 13.8 Å². The molecule has 0 unspecified atom stereocenters. The smallest absolute Gasteiger partial charge is 0.309 e. The molecule has 0 radical (unpaired) electrons. The first-order valence-corrected chi connectivity index (χ1v) is 4.37. The molecule has 0 aliphatic heterocycles. The summed E-state index contributed by atoms with van der Waals surface area (Å²) in [6, 6.07) is 1.20. The first-order chi connectivity index (χ1) is 7.45. The number of carboxylic acids is 1. The monoisotopic (exact) mass is 232 g/mol. The third-order valence-electron chi connectivity index (χ3n) is 1.91. The van der Waals surface area contributed by atoms with E-state index in [1.165, 1.54) is 6.07 Å². The van der Waals surface area contributed by atoms with Crippen molar-refractivity contribution >= 4 is 5.97 Å². The summed E-state index contributed by atoms with van der Waals surface area (Å²) < 4.78 is 24.9. The Bertz CT molecular complexity index is 410. The van der Waals surface area contributed by atoms with E-state index >= 15 is 0 Å². The lowest BCUT2D eigenvalue weighted by Gasteiger charge is -2.09. The van der Waals surface area contributed by atoms with Crippen molar-refractivity contribution < 1.29 is 23.8 Å². The summed E-state index contributed by atoms with van der Waals surface area (Å²) in [4.78, 5) is 13.8. The van der Waals surface area contributed by atoms with Gasteiger partial charge >= 0.3 is 5.97 Å². The van der Waals surface area contributed by atoms with E-state index < -0.39 is 30.3 Å². The van der Waals surface area contributed by atoms with Crippen LogP contribution in [0.2, 0.25) is 0 Å². The van der Waals surface area contributed by atoms with Gasteiger partial charge in [-0.05, 0) is 6.07 Å². The Kier molecular flexibility index (Phi) is 3.73. The molecular weight excluding hydrogens is 222 g/mol. The number of alkyl halides is 2. The Labute approximate surface area is 89.5 Å². The molecule has 88 valence electrons. The molecule has 0 atom stereocenters. The van der Waals surface area contributed by atoms with Crippen LogP contribution in [0.3, 0.4) is 0 Å². The summed E-state index contributed by atoms with van der Waals surface area (Å²) in [6.45, 7) is -0.166. The van der Waals surface area contributed by atoms with Crippen LogP contribution in [-0.4, -0.2) is 21.2 Å². The molecule has 0 fully saturated rings. The molecule has 1 heterocycles. The van der Waals surface area contributed by atoms with Crippen LogP contribution in [0.5, 0.6) is 5.75 Å². The minimum Gasteiger partial charge on any atom is -0.505 e. The van der Waals surface area contributed by atoms with Gasteiger partial charge in [0, 0.05) is 12.1 Å². The molecule has 0 aliphatic rings. The number of rotatable bonds is 4. The highest BCUT2D eigenvalue weighted by Crippen LogP contribution is 2.29. The van der Waals surface area contributed by atoms with E-state index in [0.717, 1.165) is 0 Å². The molecule has 7 heteroatoms. The summed E-state index contributed by atoms with van der Waals surface area (Å²) in [5, 5.41) is 17.9. The normalized spacial score (nSPS) is 10.8. The average Bonchev–Trinajstić information content (AvgIpc) is 2.19. The second-order valence-electron chi connectivity index (χ2n) is 3.08. The minimum absolute atomic E-state index is 0.0546. The van der Waals surface area contributed by atoms with Crippen LogP contribution in [0.1, 0.15) is 23.4 Å². The fourth-order valence-electron chi connectivity index (χ4n) is 1.23. The maximum absolute atomic E-state index is 12.5. The number of aromatic hydroxyl groups is 1. The van der Waals surface area contributed by atoms with Gasteiger partial charge in [0.25, 0.3) is 6.43 Å². The Morgan fingerprint density at radius 1 is 1.56 bits per heavy atom. The van der Waals surface area contributed by atoms with Gasteiger partial charge in [-0.15, -0.1) is 0 Å². The molecule has 0 aromatic carbocycles. The first-order valence-electron chi connectivity index (χ1n) is 4.37. The van der Waals surface area contributed by atoms with Gasteiger partial charge in [-0.2, -0.15) is 0 Å². The highest BCUT2D eigenvalue weighted by atomic mass is 19.3. The number of carbonyl (C=O) groups is 1. The number of carboxylic acid groups (broad SMARTS) is 1. The van der Waals surface area contributed by atoms with Crippen LogP contribution in [-0.2, 0) is 17.8 Å². The highest BCUT2D eigenvalue weighted by molar-refractivity contribution is 5.69. The van der Waals surface area contributed by atoms with Crippen LogP contribution in [0.25, 0.3) is 0 Å². The summed E-state index contributed by atoms with van der Waals surface area (Å²) in [7, 11) is 0. The molecular formula is C9H10F2N2O3. The van der Waals surface area contributed by atoms with E-state index in [1.807, 2.05) is 0 Å². The van der Waals surface area contributed by atoms with Crippen molar-refractivity contribution in [1.82, 2.24) is 4.98 Å². The number of hydrogen-bond acceptors (Lipinski definition) is 4. The Morgan fingerprint density at radius 3 is 2.62 bits per heavy atom. The van der Waals surface area contributed by atoms with Gasteiger partial charge in [-0.3, -0.25) is 4.79 Å². The van der Waals surface area contributed by atoms with Crippen molar-refractivity contribution in [2.24, 2.45) is 5.73 Å². The second-order valence-corrected chi connectivity index (χ2v) is 3.08. The number of nitrogens with two attached hydrogens (primary N) is 1. The summed E-state index contributed by atoms with van der Waals surface area (Å²) in [5.74, 6) is -1.87. The highest BCUT2D eigenvalue weighted by Gasteiger charge is 2.19. The number of nitrogens with zero attached hydrogens (tertiary/aromatic N) is 1. The molecule has 0 bridgehead atoms. The number of aliphatic carboxylic acids is 1. The SMILES string of the molecule is NCc1cc(CC(=O)O)nc(C(F)F)c1O. The van der Waals surface area contributed by atoms with Gasteiger partial charge < -0.3 is 15.9 Å². The maximum Gasteiger partial charge on any atom is 0.309 e. The van der Waals surface area contributed by atoms with Crippen molar-refractivity contribution in [3.8, 4) is 5.75 Å². The zero-order valence-electron chi connectivity index (χ0n) is 8.15. The molecule has 0 saturated heterocycles. The quantitative estimate of drug-likeness (QED) is 0.713. The van der Waals surface area contributed by atoms with E-state index in [-0.39, 0.29) is 17.8 Å². The van der Waals surface area contributed by atoms with Crippen LogP contribution in [0.15, 0.2) is 6.07 Å². The lowest BCUT2D eigenvalue weighted by molar-refractivity contribution is -0.136. The van der Waals surface area contributed by atoms with Crippen molar-refractivity contribution in [3.05, 3.63) is 23.0 Å². The maximum atomic E-state index is 12.5. The van der Waals surface area contributed by atoms with Crippen LogP contribution < -0.4 is 5.73 Å². The van der Waals surface area contributed by atoms with Gasteiger partial charge in [0.15, 0.2) is 0 Å². The van der Waals surface area contributed by atoms with Gasteiger partial charge in [0.05, 0.1) is 12.1 Å². The standard InChI is InChI=1S/C9H10F2N2O3/c10-9(11)7-8(16)4(3-12)1-5(13-7)2-6(14)15/h1,9,16H,2-3,12H2,(H,14,15). The zero-order chi connectivity index (χ0) is 12.3. The molecule has 5 nitrogen and oxygen atoms in total. The third-order valence-corrected chi connectivity index (χ3v) is 1.91. The van der Waals surface area contributed by atoms with E-state index in [9.17, 15) is 18.7 Å². The Balaban J connectivity index is 3.22. The van der Waals surface area contributed by atoms with Gasteiger partial charge in [0.2, 0.25) is 0 Å². The van der Waals surface area contributed by atoms with Crippen LogP contribution in [0, 0.1) is 0 Å². The van der Waals surface area contributed by atoms with E-state index in [0.29, 0.717) is 0 Å². The van der Waals surface area contributed by atoms with Gasteiger partial charge in [0.1, 0.15) is 11.4 Å². The topological polar surface area (TPSA) is 96.4 Å². The summed E-state index contributed by atoms with van der Waals surface area (Å²) in [6.07, 6.45) is -3.47. The van der Waals surface area contributed by atoms with Crippen molar-refractivity contribution in [1.29, 1.82) is 0 Å². The number of hydrogen-bond donors (Lipinski definition) is 3. The lowest BCUT2D eigenvalue weighted by Crippen LogP contribution is -2.08. The van der Waals surface area contributed by atoms with E-state index in [1.54, 1.807) is 0 Å². The predicted molar refractivity (Wildman–Crippen MR) is 50.1 cm³/mol. The summed E-state index contributed by atoms with van der Waals surface area (Å²) >= 11 is 0. The Morgan fingerprint density at radius 2 is 2.19 bits per heavy atom. The van der Waals surface area contributed by atoms with Crippen molar-refractivity contribution in [3.63, 3.8) is 0 Å². The van der Waals surface area contributed by atoms with E-state index in [2.05, 4.69) is 4.98 Å². The lowest BCUT2D eigenvalue weighted by atomic mass is 10.1.